The van der Waals surface area contributed by atoms with Gasteiger partial charge in [0.05, 0.1) is 12.3 Å². The number of nitrogen functional groups attached to an aromatic ring is 1. The number of benzene rings is 2. The zero-order chi connectivity index (χ0) is 21.3. The summed E-state index contributed by atoms with van der Waals surface area (Å²) < 4.78 is 16.9. The number of ether oxygens (including phenoxy) is 3. The first kappa shape index (κ1) is 21.1. The molecule has 7 heteroatoms. The van der Waals surface area contributed by atoms with Gasteiger partial charge >= 0.3 is 0 Å². The van der Waals surface area contributed by atoms with Crippen molar-refractivity contribution in [1.82, 2.24) is 4.98 Å². The number of carbonyl (C=O) groups is 1. The van der Waals surface area contributed by atoms with Crippen LogP contribution in [-0.4, -0.2) is 30.7 Å². The summed E-state index contributed by atoms with van der Waals surface area (Å²) in [6.45, 7) is 2.68. The number of nitrogens with one attached hydrogen (secondary N) is 1. The number of aromatic nitrogens is 1. The molecule has 156 valence electrons. The molecule has 3 N–H and O–H groups in total. The van der Waals surface area contributed by atoms with Crippen LogP contribution in [-0.2, 0) is 11.3 Å². The molecule has 1 atom stereocenters. The Morgan fingerprint density at radius 2 is 1.87 bits per heavy atom. The van der Waals surface area contributed by atoms with Gasteiger partial charge in [-0.3, -0.25) is 4.79 Å². The Bertz CT molecular complexity index is 979. The van der Waals surface area contributed by atoms with Gasteiger partial charge in [0.1, 0.15) is 30.0 Å². The number of anilines is 2. The summed E-state index contributed by atoms with van der Waals surface area (Å²) in [4.78, 5) is 16.8. The summed E-state index contributed by atoms with van der Waals surface area (Å²) in [5, 5.41) is 2.77. The third kappa shape index (κ3) is 5.96. The molecule has 0 unspecified atom stereocenters. The van der Waals surface area contributed by atoms with Crippen LogP contribution in [0.25, 0.3) is 0 Å². The quantitative estimate of drug-likeness (QED) is 0.558. The minimum absolute atomic E-state index is 0.191. The van der Waals surface area contributed by atoms with E-state index in [1.807, 2.05) is 37.3 Å². The van der Waals surface area contributed by atoms with E-state index in [9.17, 15) is 4.79 Å². The molecular weight excluding hydrogens is 382 g/mol. The highest BCUT2D eigenvalue weighted by molar-refractivity contribution is 6.05. The van der Waals surface area contributed by atoms with Gasteiger partial charge in [-0.15, -0.1) is 0 Å². The van der Waals surface area contributed by atoms with Crippen LogP contribution in [0.4, 0.5) is 11.5 Å². The predicted molar refractivity (Wildman–Crippen MR) is 116 cm³/mol. The van der Waals surface area contributed by atoms with Crippen LogP contribution >= 0.6 is 0 Å². The van der Waals surface area contributed by atoms with Crippen LogP contribution in [0.3, 0.4) is 0 Å². The van der Waals surface area contributed by atoms with Crippen molar-refractivity contribution in [1.29, 1.82) is 0 Å². The van der Waals surface area contributed by atoms with Crippen molar-refractivity contribution in [2.24, 2.45) is 0 Å². The molecule has 30 heavy (non-hydrogen) atoms. The number of pyridine rings is 1. The van der Waals surface area contributed by atoms with E-state index < -0.39 is 0 Å². The van der Waals surface area contributed by atoms with Crippen molar-refractivity contribution >= 4 is 17.4 Å². The molecule has 0 saturated carbocycles. The monoisotopic (exact) mass is 407 g/mol. The number of carbonyl (C=O) groups excluding carboxylic acids is 1. The molecule has 1 heterocycles. The molecule has 0 aliphatic rings. The summed E-state index contributed by atoms with van der Waals surface area (Å²) >= 11 is 0. The number of rotatable bonds is 9. The zero-order valence-electron chi connectivity index (χ0n) is 17.0. The van der Waals surface area contributed by atoms with E-state index in [1.165, 1.54) is 0 Å². The van der Waals surface area contributed by atoms with E-state index in [4.69, 9.17) is 19.9 Å². The highest BCUT2D eigenvalue weighted by atomic mass is 16.5. The molecule has 0 radical (unpaired) electrons. The number of amides is 1. The summed E-state index contributed by atoms with van der Waals surface area (Å²) in [6, 6.07) is 18.2. The summed E-state index contributed by atoms with van der Waals surface area (Å²) in [5.74, 6) is 0.927. The van der Waals surface area contributed by atoms with Crippen molar-refractivity contribution in [3.05, 3.63) is 78.0 Å². The first-order chi connectivity index (χ1) is 14.5. The minimum Gasteiger partial charge on any atom is -0.489 e. The van der Waals surface area contributed by atoms with E-state index in [2.05, 4.69) is 10.3 Å². The van der Waals surface area contributed by atoms with Gasteiger partial charge in [-0.05, 0) is 36.8 Å². The van der Waals surface area contributed by atoms with Crippen molar-refractivity contribution in [3.8, 4) is 11.5 Å². The number of methoxy groups -OCH3 is 1. The lowest BCUT2D eigenvalue weighted by molar-refractivity contribution is 0.0914. The summed E-state index contributed by atoms with van der Waals surface area (Å²) in [5.41, 5.74) is 7.66. The Kier molecular flexibility index (Phi) is 7.24. The molecule has 3 aromatic rings. The van der Waals surface area contributed by atoms with Crippen molar-refractivity contribution in [3.63, 3.8) is 0 Å². The third-order valence-electron chi connectivity index (χ3n) is 4.22. The Morgan fingerprint density at radius 1 is 1.10 bits per heavy atom. The highest BCUT2D eigenvalue weighted by Gasteiger charge is 2.14. The van der Waals surface area contributed by atoms with E-state index in [1.54, 1.807) is 43.6 Å². The Morgan fingerprint density at radius 3 is 2.60 bits per heavy atom. The molecule has 1 aromatic heterocycles. The second kappa shape index (κ2) is 10.3. The van der Waals surface area contributed by atoms with Gasteiger partial charge in [-0.25, -0.2) is 4.98 Å². The second-order valence-corrected chi connectivity index (χ2v) is 6.74. The maximum absolute atomic E-state index is 12.8. The van der Waals surface area contributed by atoms with Gasteiger partial charge in [0.2, 0.25) is 0 Å². The van der Waals surface area contributed by atoms with Gasteiger partial charge in [0.25, 0.3) is 5.91 Å². The molecule has 3 rings (SSSR count). The SMILES string of the molecule is COC[C@H](C)Oc1cc(OCc2ccccc2)cc(C(=O)Nc2cccnc2N)c1. The largest absolute Gasteiger partial charge is 0.489 e. The lowest BCUT2D eigenvalue weighted by Gasteiger charge is -2.16. The number of nitrogens with two attached hydrogens (primary N) is 1. The smallest absolute Gasteiger partial charge is 0.256 e. The summed E-state index contributed by atoms with van der Waals surface area (Å²) in [7, 11) is 1.61. The Labute approximate surface area is 175 Å². The van der Waals surface area contributed by atoms with Crippen LogP contribution in [0.1, 0.15) is 22.8 Å². The second-order valence-electron chi connectivity index (χ2n) is 6.74. The van der Waals surface area contributed by atoms with Gasteiger partial charge < -0.3 is 25.3 Å². The van der Waals surface area contributed by atoms with E-state index in [0.29, 0.717) is 36.0 Å². The van der Waals surface area contributed by atoms with Crippen molar-refractivity contribution in [2.45, 2.75) is 19.6 Å². The van der Waals surface area contributed by atoms with E-state index in [-0.39, 0.29) is 17.8 Å². The van der Waals surface area contributed by atoms with Crippen LogP contribution in [0.2, 0.25) is 0 Å². The lowest BCUT2D eigenvalue weighted by Crippen LogP contribution is -2.19. The average Bonchev–Trinajstić information content (AvgIpc) is 2.74. The minimum atomic E-state index is -0.343. The molecule has 1 amide bonds. The maximum Gasteiger partial charge on any atom is 0.256 e. The van der Waals surface area contributed by atoms with E-state index in [0.717, 1.165) is 5.56 Å². The maximum atomic E-state index is 12.8. The standard InChI is InChI=1S/C23H25N3O4/c1-16(14-28-2)30-20-12-18(23(27)26-21-9-6-10-25-22(21)24)11-19(13-20)29-15-17-7-4-3-5-8-17/h3-13,16H,14-15H2,1-2H3,(H2,24,25)(H,26,27)/t16-/m0/s1. The van der Waals surface area contributed by atoms with Crippen LogP contribution < -0.4 is 20.5 Å². The van der Waals surface area contributed by atoms with Crippen molar-refractivity contribution in [2.75, 3.05) is 24.8 Å². The third-order valence-corrected chi connectivity index (χ3v) is 4.22. The molecule has 2 aromatic carbocycles. The van der Waals surface area contributed by atoms with Crippen LogP contribution in [0.5, 0.6) is 11.5 Å². The fourth-order valence-corrected chi connectivity index (χ4v) is 2.81. The summed E-state index contributed by atoms with van der Waals surface area (Å²) in [6.07, 6.45) is 1.37. The fourth-order valence-electron chi connectivity index (χ4n) is 2.81. The van der Waals surface area contributed by atoms with Gasteiger partial charge in [-0.2, -0.15) is 0 Å². The van der Waals surface area contributed by atoms with E-state index >= 15 is 0 Å². The first-order valence-corrected chi connectivity index (χ1v) is 9.54. The first-order valence-electron chi connectivity index (χ1n) is 9.54. The number of hydrogen-bond donors (Lipinski definition) is 2. The molecule has 7 nitrogen and oxygen atoms in total. The molecule has 0 bridgehead atoms. The Balaban J connectivity index is 1.82. The normalized spacial score (nSPS) is 11.5. The molecule has 0 spiro atoms. The lowest BCUT2D eigenvalue weighted by atomic mass is 10.1. The number of hydrogen-bond acceptors (Lipinski definition) is 6. The highest BCUT2D eigenvalue weighted by Crippen LogP contribution is 2.26. The predicted octanol–water partition coefficient (Wildman–Crippen LogP) is 3.91. The van der Waals surface area contributed by atoms with Gasteiger partial charge in [0, 0.05) is 24.9 Å². The van der Waals surface area contributed by atoms with Gasteiger partial charge in [0.15, 0.2) is 0 Å². The average molecular weight is 407 g/mol. The zero-order valence-corrected chi connectivity index (χ0v) is 17.0. The molecule has 0 saturated heterocycles. The van der Waals surface area contributed by atoms with Crippen LogP contribution in [0, 0.1) is 0 Å². The van der Waals surface area contributed by atoms with Crippen molar-refractivity contribution < 1.29 is 19.0 Å². The molecular formula is C23H25N3O4. The molecule has 0 aliphatic heterocycles. The fraction of sp³-hybridized carbons (Fsp3) is 0.217. The topological polar surface area (TPSA) is 95.7 Å². The molecule has 0 aliphatic carbocycles. The van der Waals surface area contributed by atoms with Gasteiger partial charge in [-0.1, -0.05) is 30.3 Å². The number of nitrogens with zero attached hydrogens (tertiary/aromatic N) is 1. The Hall–Kier alpha value is -3.58. The van der Waals surface area contributed by atoms with Crippen LogP contribution in [0.15, 0.2) is 66.9 Å². The molecule has 0 fully saturated rings.